The van der Waals surface area contributed by atoms with E-state index in [9.17, 15) is 9.59 Å². The first kappa shape index (κ1) is 19.6. The van der Waals surface area contributed by atoms with Gasteiger partial charge in [0.1, 0.15) is 0 Å². The van der Waals surface area contributed by atoms with Gasteiger partial charge in [0, 0.05) is 23.9 Å². The molecule has 0 spiro atoms. The highest BCUT2D eigenvalue weighted by Gasteiger charge is 2.13. The molecular weight excluding hydrogens is 376 g/mol. The Morgan fingerprint density at radius 1 is 1.00 bits per heavy atom. The summed E-state index contributed by atoms with van der Waals surface area (Å²) in [6, 6.07) is 12.9. The van der Waals surface area contributed by atoms with Gasteiger partial charge in [-0.3, -0.25) is 9.59 Å². The molecule has 0 saturated heterocycles. The van der Waals surface area contributed by atoms with Gasteiger partial charge in [-0.15, -0.1) is 10.2 Å². The third-order valence-corrected chi connectivity index (χ3v) is 4.75. The van der Waals surface area contributed by atoms with Crippen molar-refractivity contribution >= 4 is 35.0 Å². The summed E-state index contributed by atoms with van der Waals surface area (Å²) in [5.41, 5.74) is 4.28. The van der Waals surface area contributed by atoms with Crippen LogP contribution in [0.1, 0.15) is 18.1 Å². The predicted molar refractivity (Wildman–Crippen MR) is 109 cm³/mol. The zero-order valence-corrected chi connectivity index (χ0v) is 16.6. The van der Waals surface area contributed by atoms with Crippen LogP contribution in [0.2, 0.25) is 0 Å². The van der Waals surface area contributed by atoms with Crippen LogP contribution in [0, 0.1) is 13.8 Å². The van der Waals surface area contributed by atoms with Crippen LogP contribution in [0.15, 0.2) is 52.1 Å². The number of thioether (sulfide) groups is 1. The Morgan fingerprint density at radius 2 is 1.68 bits per heavy atom. The van der Waals surface area contributed by atoms with Crippen LogP contribution in [0.3, 0.4) is 0 Å². The highest BCUT2D eigenvalue weighted by atomic mass is 32.2. The van der Waals surface area contributed by atoms with Crippen molar-refractivity contribution in [2.75, 3.05) is 16.4 Å². The van der Waals surface area contributed by atoms with Crippen molar-refractivity contribution in [3.05, 3.63) is 53.6 Å². The molecule has 7 nitrogen and oxygen atoms in total. The standard InChI is InChI=1S/C20H20N4O3S/c1-12-5-4-6-13(2)18(12)22-17(26)11-28-20-24-23-19(27-20)15-7-9-16(10-8-15)21-14(3)25/h4-10H,11H2,1-3H3,(H,21,25)(H,22,26). The second kappa shape index (κ2) is 8.71. The Hall–Kier alpha value is -3.13. The first-order chi connectivity index (χ1) is 13.4. The zero-order valence-electron chi connectivity index (χ0n) is 15.8. The maximum Gasteiger partial charge on any atom is 0.277 e. The largest absolute Gasteiger partial charge is 0.411 e. The topological polar surface area (TPSA) is 97.1 Å². The first-order valence-electron chi connectivity index (χ1n) is 8.63. The van der Waals surface area contributed by atoms with Crippen LogP contribution >= 0.6 is 11.8 Å². The van der Waals surface area contributed by atoms with Gasteiger partial charge < -0.3 is 15.1 Å². The molecule has 0 saturated carbocycles. The Balaban J connectivity index is 1.59. The van der Waals surface area contributed by atoms with Crippen molar-refractivity contribution in [3.63, 3.8) is 0 Å². The minimum absolute atomic E-state index is 0.136. The molecule has 0 unspecified atom stereocenters. The Kier molecular flexibility index (Phi) is 6.10. The molecule has 0 fully saturated rings. The highest BCUT2D eigenvalue weighted by molar-refractivity contribution is 7.99. The lowest BCUT2D eigenvalue weighted by Crippen LogP contribution is -2.15. The predicted octanol–water partition coefficient (Wildman–Crippen LogP) is 4.04. The number of carbonyl (C=O) groups excluding carboxylic acids is 2. The van der Waals surface area contributed by atoms with E-state index in [1.165, 1.54) is 18.7 Å². The lowest BCUT2D eigenvalue weighted by atomic mass is 10.1. The quantitative estimate of drug-likeness (QED) is 0.610. The third kappa shape index (κ3) is 4.98. The van der Waals surface area contributed by atoms with Gasteiger partial charge in [0.15, 0.2) is 0 Å². The lowest BCUT2D eigenvalue weighted by Gasteiger charge is -2.10. The van der Waals surface area contributed by atoms with E-state index < -0.39 is 0 Å². The molecule has 28 heavy (non-hydrogen) atoms. The fourth-order valence-electron chi connectivity index (χ4n) is 2.60. The number of para-hydroxylation sites is 1. The van der Waals surface area contributed by atoms with Gasteiger partial charge in [-0.25, -0.2) is 0 Å². The molecule has 0 aliphatic rings. The van der Waals surface area contributed by atoms with E-state index in [2.05, 4.69) is 20.8 Å². The van der Waals surface area contributed by atoms with Crippen molar-refractivity contribution in [2.45, 2.75) is 26.0 Å². The third-order valence-electron chi connectivity index (χ3n) is 3.93. The summed E-state index contributed by atoms with van der Waals surface area (Å²) in [5, 5.41) is 13.9. The average molecular weight is 396 g/mol. The summed E-state index contributed by atoms with van der Waals surface area (Å²) in [7, 11) is 0. The minimum atomic E-state index is -0.137. The van der Waals surface area contributed by atoms with E-state index in [0.717, 1.165) is 22.4 Å². The second-order valence-corrected chi connectivity index (χ2v) is 7.16. The average Bonchev–Trinajstić information content (AvgIpc) is 3.12. The number of nitrogens with one attached hydrogen (secondary N) is 2. The van der Waals surface area contributed by atoms with Crippen molar-refractivity contribution in [3.8, 4) is 11.5 Å². The smallest absolute Gasteiger partial charge is 0.277 e. The van der Waals surface area contributed by atoms with Gasteiger partial charge in [-0.05, 0) is 49.2 Å². The maximum atomic E-state index is 12.2. The van der Waals surface area contributed by atoms with Gasteiger partial charge in [-0.1, -0.05) is 30.0 Å². The van der Waals surface area contributed by atoms with Crippen LogP contribution in [0.25, 0.3) is 11.5 Å². The Labute approximate surface area is 166 Å². The van der Waals surface area contributed by atoms with Gasteiger partial charge >= 0.3 is 0 Å². The van der Waals surface area contributed by atoms with Gasteiger partial charge in [0.05, 0.1) is 5.75 Å². The normalized spacial score (nSPS) is 10.5. The molecular formula is C20H20N4O3S. The molecule has 3 aromatic rings. The van der Waals surface area contributed by atoms with Crippen LogP contribution in [-0.2, 0) is 9.59 Å². The number of aromatic nitrogens is 2. The minimum Gasteiger partial charge on any atom is -0.411 e. The number of benzene rings is 2. The Bertz CT molecular complexity index is 979. The summed E-state index contributed by atoms with van der Waals surface area (Å²) in [4.78, 5) is 23.3. The number of amides is 2. The maximum absolute atomic E-state index is 12.2. The lowest BCUT2D eigenvalue weighted by molar-refractivity contribution is -0.114. The van der Waals surface area contributed by atoms with Crippen LogP contribution in [-0.4, -0.2) is 27.8 Å². The van der Waals surface area contributed by atoms with Crippen LogP contribution in [0.4, 0.5) is 11.4 Å². The van der Waals surface area contributed by atoms with E-state index >= 15 is 0 Å². The van der Waals surface area contributed by atoms with E-state index in [4.69, 9.17) is 4.42 Å². The number of anilines is 2. The second-order valence-electron chi connectivity index (χ2n) is 6.24. The van der Waals surface area contributed by atoms with Crippen LogP contribution in [0.5, 0.6) is 0 Å². The molecule has 1 aromatic heterocycles. The summed E-state index contributed by atoms with van der Waals surface area (Å²) in [6.07, 6.45) is 0. The fraction of sp³-hybridized carbons (Fsp3) is 0.200. The Morgan fingerprint density at radius 3 is 2.32 bits per heavy atom. The molecule has 0 bridgehead atoms. The van der Waals surface area contributed by atoms with E-state index in [-0.39, 0.29) is 17.6 Å². The van der Waals surface area contributed by atoms with Crippen molar-refractivity contribution in [1.29, 1.82) is 0 Å². The summed E-state index contributed by atoms with van der Waals surface area (Å²) in [6.45, 7) is 5.36. The summed E-state index contributed by atoms with van der Waals surface area (Å²) in [5.74, 6) is 0.244. The van der Waals surface area contributed by atoms with Gasteiger partial charge in [0.25, 0.3) is 5.22 Å². The number of hydrogen-bond acceptors (Lipinski definition) is 6. The fourth-order valence-corrected chi connectivity index (χ4v) is 3.16. The molecule has 2 amide bonds. The summed E-state index contributed by atoms with van der Waals surface area (Å²) >= 11 is 1.18. The number of carbonyl (C=O) groups is 2. The summed E-state index contributed by atoms with van der Waals surface area (Å²) < 4.78 is 5.61. The molecule has 0 aliphatic carbocycles. The first-order valence-corrected chi connectivity index (χ1v) is 9.61. The highest BCUT2D eigenvalue weighted by Crippen LogP contribution is 2.25. The zero-order chi connectivity index (χ0) is 20.1. The molecule has 2 N–H and O–H groups in total. The van der Waals surface area contributed by atoms with Crippen LogP contribution < -0.4 is 10.6 Å². The van der Waals surface area contributed by atoms with Gasteiger partial charge in [-0.2, -0.15) is 0 Å². The molecule has 1 heterocycles. The van der Waals surface area contributed by atoms with E-state index in [1.807, 2.05) is 32.0 Å². The monoisotopic (exact) mass is 396 g/mol. The molecule has 0 atom stereocenters. The molecule has 8 heteroatoms. The number of aryl methyl sites for hydroxylation is 2. The molecule has 144 valence electrons. The number of hydrogen-bond donors (Lipinski definition) is 2. The number of rotatable bonds is 6. The number of nitrogens with zero attached hydrogens (tertiary/aromatic N) is 2. The van der Waals surface area contributed by atoms with Gasteiger partial charge in [0.2, 0.25) is 17.7 Å². The molecule has 3 rings (SSSR count). The van der Waals surface area contributed by atoms with Crippen molar-refractivity contribution < 1.29 is 14.0 Å². The van der Waals surface area contributed by atoms with Crippen molar-refractivity contribution in [1.82, 2.24) is 10.2 Å². The SMILES string of the molecule is CC(=O)Nc1ccc(-c2nnc(SCC(=O)Nc3c(C)cccc3C)o2)cc1. The molecule has 0 radical (unpaired) electrons. The molecule has 2 aromatic carbocycles. The van der Waals surface area contributed by atoms with Crippen molar-refractivity contribution in [2.24, 2.45) is 0 Å². The van der Waals surface area contributed by atoms with E-state index in [0.29, 0.717) is 16.8 Å². The van der Waals surface area contributed by atoms with E-state index in [1.54, 1.807) is 24.3 Å². The molecule has 0 aliphatic heterocycles.